The fourth-order valence-corrected chi connectivity index (χ4v) is 7.44. The molecule has 4 aromatic carbocycles. The zero-order valence-corrected chi connectivity index (χ0v) is 34.0. The minimum Gasteiger partial charge on any atom is -0.461 e. The summed E-state index contributed by atoms with van der Waals surface area (Å²) in [6.45, 7) is 12.9. The van der Waals surface area contributed by atoms with Crippen molar-refractivity contribution in [1.82, 2.24) is 9.80 Å². The van der Waals surface area contributed by atoms with Crippen molar-refractivity contribution in [3.63, 3.8) is 0 Å². The Morgan fingerprint density at radius 1 is 0.500 bits per heavy atom. The summed E-state index contributed by atoms with van der Waals surface area (Å²) in [5.74, 6) is -0.0178. The highest BCUT2D eigenvalue weighted by Gasteiger charge is 2.25. The molecule has 0 saturated heterocycles. The molecule has 4 bridgehead atoms. The van der Waals surface area contributed by atoms with E-state index in [0.29, 0.717) is 25.0 Å². The van der Waals surface area contributed by atoms with Crippen LogP contribution in [0.3, 0.4) is 0 Å². The Balaban J connectivity index is 1.31. The molecule has 0 saturated carbocycles. The van der Waals surface area contributed by atoms with E-state index in [-0.39, 0.29) is 24.0 Å². The van der Waals surface area contributed by atoms with Crippen LogP contribution in [0, 0.1) is 11.8 Å². The van der Waals surface area contributed by atoms with Gasteiger partial charge >= 0.3 is 11.9 Å². The molecule has 0 aliphatic carbocycles. The van der Waals surface area contributed by atoms with Crippen molar-refractivity contribution in [2.24, 2.45) is 11.8 Å². The summed E-state index contributed by atoms with van der Waals surface area (Å²) in [6.07, 6.45) is 12.9. The first-order valence-electron chi connectivity index (χ1n) is 20.7. The van der Waals surface area contributed by atoms with Gasteiger partial charge in [0.15, 0.2) is 0 Å². The maximum Gasteiger partial charge on any atom is 0.330 e. The molecule has 8 rings (SSSR count). The van der Waals surface area contributed by atoms with Crippen LogP contribution >= 0.6 is 0 Å². The molecule has 0 aromatic heterocycles. The van der Waals surface area contributed by atoms with Gasteiger partial charge in [0.25, 0.3) is 0 Å². The Labute approximate surface area is 336 Å². The number of ether oxygens (including phenoxy) is 2. The van der Waals surface area contributed by atoms with E-state index in [1.165, 1.54) is 22.3 Å². The van der Waals surface area contributed by atoms with Gasteiger partial charge in [-0.3, -0.25) is 9.80 Å². The third-order valence-corrected chi connectivity index (χ3v) is 10.8. The van der Waals surface area contributed by atoms with E-state index in [2.05, 4.69) is 135 Å². The van der Waals surface area contributed by atoms with Crippen LogP contribution in [0.4, 0.5) is 0 Å². The van der Waals surface area contributed by atoms with Gasteiger partial charge < -0.3 is 9.47 Å². The molecule has 0 unspecified atom stereocenters. The minimum absolute atomic E-state index is 0.0895. The van der Waals surface area contributed by atoms with Gasteiger partial charge in [-0.2, -0.15) is 0 Å². The Bertz CT molecular complexity index is 1660. The summed E-state index contributed by atoms with van der Waals surface area (Å²) in [5.41, 5.74) is 7.00. The van der Waals surface area contributed by atoms with E-state index >= 15 is 0 Å². The molecule has 0 N–H and O–H groups in total. The van der Waals surface area contributed by atoms with Crippen LogP contribution in [-0.4, -0.2) is 60.1 Å². The normalized spacial score (nSPS) is 20.4. The standard InChI is InChI=1S/C50H62N2O4/c1-39(2)47-37-55-49(53)31-29-43-25-23-42(24-26-43)16-12-14-34-52(36-46-19-9-6-10-20-46)48(40(3)4)38-56-50(54)32-30-44-27-21-41(22-28-44)15-11-13-33-51(47)35-45-17-7-5-8-18-45/h5-10,17-32,39-40,47-48H,11-16,33-38H2,1-4H3/b31-29+,32-30+/t47-,48-/m1/s1. The molecule has 4 aromatic rings. The summed E-state index contributed by atoms with van der Waals surface area (Å²) in [5, 5.41) is 0. The molecule has 4 aliphatic rings. The second-order valence-corrected chi connectivity index (χ2v) is 15.9. The molecular weight excluding hydrogens is 693 g/mol. The van der Waals surface area contributed by atoms with Crippen LogP contribution < -0.4 is 0 Å². The van der Waals surface area contributed by atoms with Crippen molar-refractivity contribution in [3.8, 4) is 0 Å². The second-order valence-electron chi connectivity index (χ2n) is 15.9. The van der Waals surface area contributed by atoms with Gasteiger partial charge in [-0.05, 0) is 109 Å². The van der Waals surface area contributed by atoms with Crippen LogP contribution in [0.1, 0.15) is 86.8 Å². The van der Waals surface area contributed by atoms with Crippen molar-refractivity contribution in [1.29, 1.82) is 0 Å². The summed E-state index contributed by atoms with van der Waals surface area (Å²) in [6, 6.07) is 38.2. The summed E-state index contributed by atoms with van der Waals surface area (Å²) in [7, 11) is 0. The average Bonchev–Trinajstić information content (AvgIpc) is 3.20. The number of nitrogens with zero attached hydrogens (tertiary/aromatic N) is 2. The highest BCUT2D eigenvalue weighted by Crippen LogP contribution is 2.20. The number of esters is 2. The Hall–Kier alpha value is -4.78. The summed E-state index contributed by atoms with van der Waals surface area (Å²) in [4.78, 5) is 30.9. The second kappa shape index (κ2) is 22.7. The molecule has 2 atom stereocenters. The van der Waals surface area contributed by atoms with Crippen molar-refractivity contribution < 1.29 is 19.1 Å². The van der Waals surface area contributed by atoms with Crippen LogP contribution in [0.25, 0.3) is 12.2 Å². The summed E-state index contributed by atoms with van der Waals surface area (Å²) < 4.78 is 11.8. The predicted octanol–water partition coefficient (Wildman–Crippen LogP) is 10.2. The first-order valence-corrected chi connectivity index (χ1v) is 20.7. The zero-order chi connectivity index (χ0) is 39.5. The number of aryl methyl sites for hydroxylation is 2. The van der Waals surface area contributed by atoms with E-state index in [0.717, 1.165) is 75.8 Å². The zero-order valence-electron chi connectivity index (χ0n) is 34.0. The number of carbonyl (C=O) groups excluding carboxylic acids is 2. The topological polar surface area (TPSA) is 59.1 Å². The van der Waals surface area contributed by atoms with E-state index in [9.17, 15) is 9.59 Å². The lowest BCUT2D eigenvalue weighted by atomic mass is 10.0. The molecule has 0 radical (unpaired) electrons. The molecule has 296 valence electrons. The highest BCUT2D eigenvalue weighted by molar-refractivity contribution is 5.87. The van der Waals surface area contributed by atoms with E-state index in [4.69, 9.17) is 9.47 Å². The van der Waals surface area contributed by atoms with Gasteiger partial charge in [0, 0.05) is 37.3 Å². The Kier molecular flexibility index (Phi) is 17.2. The van der Waals surface area contributed by atoms with Crippen LogP contribution in [0.5, 0.6) is 0 Å². The Morgan fingerprint density at radius 3 is 1.23 bits per heavy atom. The summed E-state index contributed by atoms with van der Waals surface area (Å²) >= 11 is 0. The first-order chi connectivity index (χ1) is 27.2. The van der Waals surface area contributed by atoms with Gasteiger partial charge in [-0.25, -0.2) is 9.59 Å². The molecule has 0 fully saturated rings. The monoisotopic (exact) mass is 754 g/mol. The lowest BCUT2D eigenvalue weighted by molar-refractivity contribution is -0.141. The lowest BCUT2D eigenvalue weighted by Gasteiger charge is -2.34. The molecular formula is C50H62N2O4. The van der Waals surface area contributed by atoms with Crippen molar-refractivity contribution in [2.75, 3.05) is 26.3 Å². The van der Waals surface area contributed by atoms with Gasteiger partial charge in [0.05, 0.1) is 0 Å². The van der Waals surface area contributed by atoms with Crippen LogP contribution in [0.2, 0.25) is 0 Å². The number of rotatable bonds is 6. The number of hydrogen-bond acceptors (Lipinski definition) is 6. The van der Waals surface area contributed by atoms with Crippen LogP contribution in [-0.2, 0) is 45.0 Å². The first kappa shape index (κ1) is 42.4. The van der Waals surface area contributed by atoms with Crippen molar-refractivity contribution in [3.05, 3.63) is 155 Å². The van der Waals surface area contributed by atoms with E-state index in [1.54, 1.807) is 12.2 Å². The Morgan fingerprint density at radius 2 is 0.875 bits per heavy atom. The van der Waals surface area contributed by atoms with Gasteiger partial charge in [-0.1, -0.05) is 137 Å². The van der Waals surface area contributed by atoms with Gasteiger partial charge in [0.1, 0.15) is 13.2 Å². The fraction of sp³-hybridized carbons (Fsp3) is 0.400. The molecule has 4 aliphatic heterocycles. The van der Waals surface area contributed by atoms with Crippen LogP contribution in [0.15, 0.2) is 121 Å². The third kappa shape index (κ3) is 14.4. The van der Waals surface area contributed by atoms with E-state index < -0.39 is 0 Å². The SMILES string of the molecule is CC(C)[C@H]1COC(=O)/C=C/c2ccc(cc2)CCCCN(Cc2ccccc2)[C@@H](C(C)C)COC(=O)/C=C/c2ccc(cc2)CCCCN1Cc1ccccc1. The minimum atomic E-state index is -0.313. The fourth-order valence-electron chi connectivity index (χ4n) is 7.44. The third-order valence-electron chi connectivity index (χ3n) is 10.8. The van der Waals surface area contributed by atoms with Crippen molar-refractivity contribution in [2.45, 2.75) is 91.4 Å². The average molecular weight is 755 g/mol. The smallest absolute Gasteiger partial charge is 0.330 e. The largest absolute Gasteiger partial charge is 0.461 e. The number of hydrogen-bond donors (Lipinski definition) is 0. The maximum absolute atomic E-state index is 13.0. The molecule has 56 heavy (non-hydrogen) atoms. The van der Waals surface area contributed by atoms with Crippen molar-refractivity contribution >= 4 is 24.1 Å². The molecule has 0 amide bonds. The number of carbonyl (C=O) groups is 2. The molecule has 6 heteroatoms. The quantitative estimate of drug-likeness (QED) is 0.183. The molecule has 4 heterocycles. The van der Waals surface area contributed by atoms with E-state index in [1.807, 2.05) is 24.3 Å². The predicted molar refractivity (Wildman–Crippen MR) is 230 cm³/mol. The van der Waals surface area contributed by atoms with Gasteiger partial charge in [-0.15, -0.1) is 0 Å². The van der Waals surface area contributed by atoms with Gasteiger partial charge in [0.2, 0.25) is 0 Å². The molecule has 0 spiro atoms. The maximum atomic E-state index is 13.0. The number of benzene rings is 4. The lowest BCUT2D eigenvalue weighted by Crippen LogP contribution is -2.43. The molecule has 6 nitrogen and oxygen atoms in total. The highest BCUT2D eigenvalue weighted by atomic mass is 16.5.